The van der Waals surface area contributed by atoms with Gasteiger partial charge in [-0.15, -0.1) is 0 Å². The standard InChI is InChI=1S/C23H30N6O2S/c1-6-19(13-25-4)23(18(3)26-10-11-32(24,30)31)15-27-17(2)20-8-7-9-21(12-20)22-14-28-29(5)16-22/h6-9,12-16,26H,2,10-11H2,1,3-5H3,(H2,24,30,31)/b19-6?,23-18-,25-13-,27-15-. The summed E-state index contributed by atoms with van der Waals surface area (Å²) in [4.78, 5) is 8.68. The van der Waals surface area contributed by atoms with E-state index in [0.29, 0.717) is 5.70 Å². The van der Waals surface area contributed by atoms with Gasteiger partial charge in [0.05, 0.1) is 17.6 Å². The topological polar surface area (TPSA) is 115 Å². The number of benzene rings is 1. The second kappa shape index (κ2) is 11.4. The van der Waals surface area contributed by atoms with E-state index in [-0.39, 0.29) is 12.3 Å². The van der Waals surface area contributed by atoms with E-state index in [2.05, 4.69) is 27.0 Å². The highest BCUT2D eigenvalue weighted by Crippen LogP contribution is 2.23. The molecule has 1 aromatic carbocycles. The molecule has 170 valence electrons. The molecule has 0 atom stereocenters. The molecule has 3 N–H and O–H groups in total. The lowest BCUT2D eigenvalue weighted by Crippen LogP contribution is -2.27. The van der Waals surface area contributed by atoms with Gasteiger partial charge in [-0.1, -0.05) is 30.9 Å². The molecule has 0 fully saturated rings. The van der Waals surface area contributed by atoms with Gasteiger partial charge in [-0.05, 0) is 31.1 Å². The molecule has 0 aliphatic rings. The molecule has 0 spiro atoms. The van der Waals surface area contributed by atoms with Crippen LogP contribution >= 0.6 is 0 Å². The summed E-state index contributed by atoms with van der Waals surface area (Å²) in [5.41, 5.74) is 5.88. The summed E-state index contributed by atoms with van der Waals surface area (Å²) in [7, 11) is 0.0140. The molecule has 8 nitrogen and oxygen atoms in total. The van der Waals surface area contributed by atoms with Crippen LogP contribution in [0, 0.1) is 0 Å². The first-order valence-corrected chi connectivity index (χ1v) is 11.7. The molecule has 0 aliphatic heterocycles. The Morgan fingerprint density at radius 1 is 1.31 bits per heavy atom. The van der Waals surface area contributed by atoms with Crippen LogP contribution in [0.15, 0.2) is 76.1 Å². The van der Waals surface area contributed by atoms with E-state index in [0.717, 1.165) is 33.5 Å². The van der Waals surface area contributed by atoms with Crippen LogP contribution < -0.4 is 10.5 Å². The van der Waals surface area contributed by atoms with Crippen molar-refractivity contribution >= 4 is 28.1 Å². The number of nitrogens with two attached hydrogens (primary N) is 1. The van der Waals surface area contributed by atoms with E-state index in [4.69, 9.17) is 5.14 Å². The first-order valence-electron chi connectivity index (χ1n) is 10.0. The zero-order valence-electron chi connectivity index (χ0n) is 18.9. The fraction of sp³-hybridized carbons (Fsp3) is 0.261. The zero-order chi connectivity index (χ0) is 23.7. The maximum atomic E-state index is 11.2. The van der Waals surface area contributed by atoms with E-state index in [1.165, 1.54) is 0 Å². The lowest BCUT2D eigenvalue weighted by atomic mass is 10.0. The second-order valence-corrected chi connectivity index (χ2v) is 8.89. The quantitative estimate of drug-likeness (QED) is 0.424. The van der Waals surface area contributed by atoms with E-state index in [1.807, 2.05) is 63.6 Å². The highest BCUT2D eigenvalue weighted by atomic mass is 32.2. The molecular formula is C23H30N6O2S. The summed E-state index contributed by atoms with van der Waals surface area (Å²) < 4.78 is 24.2. The Bertz CT molecular complexity index is 1190. The van der Waals surface area contributed by atoms with Gasteiger partial charge in [0, 0.05) is 61.7 Å². The Hall–Kier alpha value is -3.30. The zero-order valence-corrected chi connectivity index (χ0v) is 19.7. The third kappa shape index (κ3) is 7.44. The van der Waals surface area contributed by atoms with Crippen molar-refractivity contribution in [3.8, 4) is 11.1 Å². The molecule has 0 saturated heterocycles. The molecular weight excluding hydrogens is 424 g/mol. The van der Waals surface area contributed by atoms with E-state index in [1.54, 1.807) is 24.2 Å². The van der Waals surface area contributed by atoms with Crippen LogP contribution in [-0.2, 0) is 17.1 Å². The number of allylic oxidation sites excluding steroid dienone is 4. The van der Waals surface area contributed by atoms with Gasteiger partial charge in [0.25, 0.3) is 0 Å². The van der Waals surface area contributed by atoms with Gasteiger partial charge >= 0.3 is 0 Å². The minimum Gasteiger partial charge on any atom is -0.387 e. The van der Waals surface area contributed by atoms with Crippen molar-refractivity contribution in [2.75, 3.05) is 19.3 Å². The summed E-state index contributed by atoms with van der Waals surface area (Å²) in [6.07, 6.45) is 9.09. The van der Waals surface area contributed by atoms with Crippen molar-refractivity contribution < 1.29 is 8.42 Å². The summed E-state index contributed by atoms with van der Waals surface area (Å²) in [5.74, 6) is -0.171. The number of aryl methyl sites for hydroxylation is 1. The van der Waals surface area contributed by atoms with Crippen molar-refractivity contribution in [2.45, 2.75) is 13.8 Å². The van der Waals surface area contributed by atoms with Crippen molar-refractivity contribution in [2.24, 2.45) is 22.2 Å². The molecule has 0 amide bonds. The van der Waals surface area contributed by atoms with Crippen LogP contribution in [0.2, 0.25) is 0 Å². The normalized spacial score (nSPS) is 13.6. The highest BCUT2D eigenvalue weighted by Gasteiger charge is 2.08. The monoisotopic (exact) mass is 454 g/mol. The summed E-state index contributed by atoms with van der Waals surface area (Å²) in [6.45, 7) is 8.05. The molecule has 0 radical (unpaired) electrons. The molecule has 0 saturated carbocycles. The number of aliphatic imine (C=N–C) groups is 2. The van der Waals surface area contributed by atoms with Crippen LogP contribution in [0.3, 0.4) is 0 Å². The Labute approximate surface area is 190 Å². The SMILES string of the molecule is C=C(/N=C\C(C(=CC)/C=N\C)=C(/C)NCCS(N)(=O)=O)c1cccc(-c2cnn(C)c2)c1. The number of rotatable bonds is 10. The Morgan fingerprint density at radius 3 is 2.66 bits per heavy atom. The Morgan fingerprint density at radius 2 is 2.06 bits per heavy atom. The van der Waals surface area contributed by atoms with Gasteiger partial charge in [-0.25, -0.2) is 13.6 Å². The third-order valence-electron chi connectivity index (χ3n) is 4.65. The Balaban J connectivity index is 2.31. The molecule has 1 heterocycles. The van der Waals surface area contributed by atoms with Crippen LogP contribution in [-0.4, -0.2) is 50.0 Å². The first kappa shape index (κ1) is 25.0. The molecule has 32 heavy (non-hydrogen) atoms. The van der Waals surface area contributed by atoms with Crippen LogP contribution in [0.25, 0.3) is 16.8 Å². The third-order valence-corrected chi connectivity index (χ3v) is 5.43. The smallest absolute Gasteiger partial charge is 0.210 e. The average molecular weight is 455 g/mol. The predicted molar refractivity (Wildman–Crippen MR) is 133 cm³/mol. The van der Waals surface area contributed by atoms with Gasteiger partial charge in [0.1, 0.15) is 0 Å². The van der Waals surface area contributed by atoms with Crippen LogP contribution in [0.4, 0.5) is 0 Å². The van der Waals surface area contributed by atoms with Crippen LogP contribution in [0.1, 0.15) is 19.4 Å². The van der Waals surface area contributed by atoms with Gasteiger partial charge in [0.15, 0.2) is 0 Å². The number of sulfonamides is 1. The molecule has 1 aromatic heterocycles. The molecule has 0 unspecified atom stereocenters. The number of aromatic nitrogens is 2. The summed E-state index contributed by atoms with van der Waals surface area (Å²) in [6, 6.07) is 7.93. The van der Waals surface area contributed by atoms with Crippen molar-refractivity contribution in [1.82, 2.24) is 15.1 Å². The molecule has 2 aromatic rings. The van der Waals surface area contributed by atoms with Crippen molar-refractivity contribution in [1.29, 1.82) is 0 Å². The maximum Gasteiger partial charge on any atom is 0.210 e. The van der Waals surface area contributed by atoms with Gasteiger partial charge in [-0.2, -0.15) is 5.10 Å². The second-order valence-electron chi connectivity index (χ2n) is 7.15. The van der Waals surface area contributed by atoms with Gasteiger partial charge in [-0.3, -0.25) is 14.7 Å². The Kier molecular flexibility index (Phi) is 8.86. The predicted octanol–water partition coefficient (Wildman–Crippen LogP) is 2.93. The lowest BCUT2D eigenvalue weighted by Gasteiger charge is -2.12. The average Bonchev–Trinajstić information content (AvgIpc) is 3.18. The van der Waals surface area contributed by atoms with Gasteiger partial charge < -0.3 is 5.32 Å². The molecule has 2 rings (SSSR count). The molecule has 0 bridgehead atoms. The largest absolute Gasteiger partial charge is 0.387 e. The minimum atomic E-state index is -3.55. The maximum absolute atomic E-state index is 11.2. The van der Waals surface area contributed by atoms with Crippen molar-refractivity contribution in [3.05, 3.63) is 71.7 Å². The molecule has 0 aliphatic carbocycles. The minimum absolute atomic E-state index is 0.171. The van der Waals surface area contributed by atoms with Gasteiger partial charge in [0.2, 0.25) is 10.0 Å². The van der Waals surface area contributed by atoms with E-state index >= 15 is 0 Å². The van der Waals surface area contributed by atoms with Crippen LogP contribution in [0.5, 0.6) is 0 Å². The number of nitrogens with one attached hydrogen (secondary N) is 1. The fourth-order valence-corrected chi connectivity index (χ4v) is 3.35. The number of hydrogen-bond donors (Lipinski definition) is 2. The van der Waals surface area contributed by atoms with E-state index in [9.17, 15) is 8.42 Å². The van der Waals surface area contributed by atoms with Crippen molar-refractivity contribution in [3.63, 3.8) is 0 Å². The number of primary sulfonamides is 1. The summed E-state index contributed by atoms with van der Waals surface area (Å²) >= 11 is 0. The highest BCUT2D eigenvalue weighted by molar-refractivity contribution is 7.89. The number of hydrogen-bond acceptors (Lipinski definition) is 6. The summed E-state index contributed by atoms with van der Waals surface area (Å²) in [5, 5.41) is 12.4. The fourth-order valence-electron chi connectivity index (χ4n) is 2.97. The number of nitrogens with zero attached hydrogens (tertiary/aromatic N) is 4. The lowest BCUT2D eigenvalue weighted by molar-refractivity contribution is 0.595. The first-order chi connectivity index (χ1) is 15.1. The molecule has 9 heteroatoms. The van der Waals surface area contributed by atoms with E-state index < -0.39 is 10.0 Å².